The zero-order valence-electron chi connectivity index (χ0n) is 12.3. The number of amides is 1. The average Bonchev–Trinajstić information content (AvgIpc) is 3.20. The fourth-order valence-electron chi connectivity index (χ4n) is 3.74. The molecule has 0 unspecified atom stereocenters. The smallest absolute Gasteiger partial charge is 0.245 e. The Morgan fingerprint density at radius 1 is 1.13 bits per heavy atom. The normalized spacial score (nSPS) is 23.2. The second kappa shape index (κ2) is 4.20. The molecule has 3 aliphatic heterocycles. The van der Waals surface area contributed by atoms with E-state index in [1.165, 1.54) is 0 Å². The molecule has 2 aromatic rings. The Morgan fingerprint density at radius 2 is 1.91 bits per heavy atom. The molecule has 5 rings (SSSR count). The largest absolute Gasteiger partial charge is 0.491 e. The number of hydrogen-bond acceptors (Lipinski definition) is 4. The number of hydrogen-bond donors (Lipinski definition) is 0. The molecule has 0 fully saturated rings. The van der Waals surface area contributed by atoms with Crippen LogP contribution >= 0.6 is 15.9 Å². The zero-order chi connectivity index (χ0) is 15.8. The minimum Gasteiger partial charge on any atom is -0.491 e. The Labute approximate surface area is 140 Å². The van der Waals surface area contributed by atoms with Gasteiger partial charge < -0.3 is 19.1 Å². The van der Waals surface area contributed by atoms with Gasteiger partial charge in [0, 0.05) is 34.4 Å². The highest BCUT2D eigenvalue weighted by atomic mass is 79.9. The number of nitrogens with zero attached hydrogens (tertiary/aromatic N) is 1. The maximum atomic E-state index is 13.2. The predicted octanol–water partition coefficient (Wildman–Crippen LogP) is 2.83. The molecule has 6 heteroatoms. The van der Waals surface area contributed by atoms with E-state index in [0.29, 0.717) is 17.2 Å². The first-order chi connectivity index (χ1) is 11.1. The van der Waals surface area contributed by atoms with Crippen LogP contribution < -0.4 is 19.1 Å². The first-order valence-corrected chi connectivity index (χ1v) is 8.06. The molecule has 3 heterocycles. The van der Waals surface area contributed by atoms with E-state index in [-0.39, 0.29) is 19.3 Å². The summed E-state index contributed by atoms with van der Waals surface area (Å²) in [4.78, 5) is 14.9. The molecule has 0 saturated heterocycles. The topological polar surface area (TPSA) is 48.0 Å². The number of halogens is 1. The number of carbonyl (C=O) groups excluding carboxylic acids is 1. The zero-order valence-corrected chi connectivity index (χ0v) is 13.8. The summed E-state index contributed by atoms with van der Waals surface area (Å²) in [6.45, 7) is 0.476. The molecule has 0 bridgehead atoms. The molecule has 23 heavy (non-hydrogen) atoms. The number of likely N-dealkylation sites (N-methyl/N-ethyl adjacent to an activating group) is 1. The number of benzene rings is 2. The van der Waals surface area contributed by atoms with Crippen LogP contribution in [-0.4, -0.2) is 26.4 Å². The van der Waals surface area contributed by atoms with Crippen molar-refractivity contribution >= 4 is 27.5 Å². The summed E-state index contributed by atoms with van der Waals surface area (Å²) >= 11 is 3.61. The van der Waals surface area contributed by atoms with Crippen molar-refractivity contribution in [1.82, 2.24) is 0 Å². The molecule has 2 aromatic carbocycles. The Bertz CT molecular complexity index is 881. The van der Waals surface area contributed by atoms with Gasteiger partial charge >= 0.3 is 0 Å². The van der Waals surface area contributed by atoms with Crippen molar-refractivity contribution in [3.8, 4) is 17.2 Å². The van der Waals surface area contributed by atoms with Crippen LogP contribution in [0, 0.1) is 0 Å². The van der Waals surface area contributed by atoms with Gasteiger partial charge in [0.05, 0.1) is 0 Å². The highest BCUT2D eigenvalue weighted by Gasteiger charge is 2.57. The highest BCUT2D eigenvalue weighted by molar-refractivity contribution is 9.10. The van der Waals surface area contributed by atoms with Gasteiger partial charge in [-0.15, -0.1) is 0 Å². The molecule has 0 radical (unpaired) electrons. The van der Waals surface area contributed by atoms with Gasteiger partial charge in [0.1, 0.15) is 17.8 Å². The van der Waals surface area contributed by atoms with Crippen molar-refractivity contribution in [1.29, 1.82) is 0 Å². The lowest BCUT2D eigenvalue weighted by molar-refractivity contribution is -0.121. The van der Waals surface area contributed by atoms with Crippen LogP contribution in [0.3, 0.4) is 0 Å². The van der Waals surface area contributed by atoms with Crippen molar-refractivity contribution in [2.45, 2.75) is 5.41 Å². The lowest BCUT2D eigenvalue weighted by atomic mass is 9.77. The van der Waals surface area contributed by atoms with Crippen molar-refractivity contribution in [2.24, 2.45) is 0 Å². The maximum Gasteiger partial charge on any atom is 0.245 e. The van der Waals surface area contributed by atoms with Crippen LogP contribution in [0.15, 0.2) is 34.8 Å². The molecule has 3 aliphatic rings. The van der Waals surface area contributed by atoms with Gasteiger partial charge in [-0.25, -0.2) is 0 Å². The first-order valence-electron chi connectivity index (χ1n) is 7.27. The van der Waals surface area contributed by atoms with Crippen LogP contribution in [-0.2, 0) is 10.2 Å². The van der Waals surface area contributed by atoms with Crippen LogP contribution in [0.4, 0.5) is 5.69 Å². The van der Waals surface area contributed by atoms with Crippen LogP contribution in [0.5, 0.6) is 17.2 Å². The molecule has 0 saturated carbocycles. The Morgan fingerprint density at radius 3 is 2.74 bits per heavy atom. The second-order valence-electron chi connectivity index (χ2n) is 5.89. The molecular weight excluding hydrogens is 362 g/mol. The highest BCUT2D eigenvalue weighted by Crippen LogP contribution is 2.56. The van der Waals surface area contributed by atoms with E-state index in [2.05, 4.69) is 15.9 Å². The van der Waals surface area contributed by atoms with Gasteiger partial charge in [-0.3, -0.25) is 4.79 Å². The average molecular weight is 374 g/mol. The number of rotatable bonds is 0. The van der Waals surface area contributed by atoms with Crippen LogP contribution in [0.1, 0.15) is 11.1 Å². The molecular formula is C17H12BrNO4. The lowest BCUT2D eigenvalue weighted by Gasteiger charge is -2.22. The molecule has 1 spiro atoms. The molecule has 1 atom stereocenters. The third kappa shape index (κ3) is 1.45. The van der Waals surface area contributed by atoms with Gasteiger partial charge in [0.2, 0.25) is 12.7 Å². The van der Waals surface area contributed by atoms with Crippen molar-refractivity contribution in [3.05, 3.63) is 45.9 Å². The van der Waals surface area contributed by atoms with E-state index >= 15 is 0 Å². The van der Waals surface area contributed by atoms with Crippen molar-refractivity contribution < 1.29 is 19.0 Å². The summed E-state index contributed by atoms with van der Waals surface area (Å²) in [5.41, 5.74) is 1.85. The molecule has 0 N–H and O–H groups in total. The van der Waals surface area contributed by atoms with Crippen molar-refractivity contribution in [2.75, 3.05) is 25.3 Å². The van der Waals surface area contributed by atoms with Gasteiger partial charge in [0.15, 0.2) is 11.5 Å². The first kappa shape index (κ1) is 13.2. The summed E-state index contributed by atoms with van der Waals surface area (Å²) in [6.07, 6.45) is 0. The SMILES string of the molecule is CN1C(=O)[C@@]2(COc3cc4c(cc32)OCO4)c2c(Br)cccc21. The van der Waals surface area contributed by atoms with E-state index in [9.17, 15) is 4.79 Å². The van der Waals surface area contributed by atoms with Gasteiger partial charge in [0.25, 0.3) is 0 Å². The van der Waals surface area contributed by atoms with Gasteiger partial charge in [-0.2, -0.15) is 0 Å². The number of ether oxygens (including phenoxy) is 3. The number of carbonyl (C=O) groups is 1. The Balaban J connectivity index is 1.83. The molecule has 0 aromatic heterocycles. The summed E-state index contributed by atoms with van der Waals surface area (Å²) in [6, 6.07) is 9.54. The van der Waals surface area contributed by atoms with Gasteiger partial charge in [-0.05, 0) is 18.2 Å². The van der Waals surface area contributed by atoms with Crippen LogP contribution in [0.2, 0.25) is 0 Å². The maximum absolute atomic E-state index is 13.2. The predicted molar refractivity (Wildman–Crippen MR) is 86.4 cm³/mol. The molecule has 5 nitrogen and oxygen atoms in total. The number of anilines is 1. The quantitative estimate of drug-likeness (QED) is 0.712. The molecule has 1 amide bonds. The molecule has 116 valence electrons. The monoisotopic (exact) mass is 373 g/mol. The standard InChI is InChI=1S/C17H12BrNO4/c1-19-11-4-2-3-10(18)15(11)17(16(19)20)7-21-12-6-14-13(5-9(12)17)22-8-23-14/h2-6H,7-8H2,1H3/t17-/m1/s1. The third-order valence-corrected chi connectivity index (χ3v) is 5.49. The van der Waals surface area contributed by atoms with E-state index < -0.39 is 5.41 Å². The van der Waals surface area contributed by atoms with Gasteiger partial charge in [-0.1, -0.05) is 22.0 Å². The second-order valence-corrected chi connectivity index (χ2v) is 6.75. The summed E-state index contributed by atoms with van der Waals surface area (Å²) < 4.78 is 17.7. The fourth-order valence-corrected chi connectivity index (χ4v) is 4.44. The van der Waals surface area contributed by atoms with E-state index in [1.807, 2.05) is 30.3 Å². The lowest BCUT2D eigenvalue weighted by Crippen LogP contribution is -2.41. The summed E-state index contributed by atoms with van der Waals surface area (Å²) in [5, 5.41) is 0. The third-order valence-electron chi connectivity index (χ3n) is 4.83. The molecule has 0 aliphatic carbocycles. The van der Waals surface area contributed by atoms with Crippen LogP contribution in [0.25, 0.3) is 0 Å². The Hall–Kier alpha value is -2.21. The summed E-state index contributed by atoms with van der Waals surface area (Å²) in [5.74, 6) is 2.01. The number of fused-ring (bicyclic) bond motifs is 5. The Kier molecular flexibility index (Phi) is 2.42. The summed E-state index contributed by atoms with van der Waals surface area (Å²) in [7, 11) is 1.80. The minimum absolute atomic E-state index is 0.0111. The minimum atomic E-state index is -0.833. The van der Waals surface area contributed by atoms with Crippen molar-refractivity contribution in [3.63, 3.8) is 0 Å². The van der Waals surface area contributed by atoms with E-state index in [0.717, 1.165) is 21.3 Å². The van der Waals surface area contributed by atoms with E-state index in [4.69, 9.17) is 14.2 Å². The fraction of sp³-hybridized carbons (Fsp3) is 0.235. The van der Waals surface area contributed by atoms with E-state index in [1.54, 1.807) is 11.9 Å².